The second kappa shape index (κ2) is 9.65. The van der Waals surface area contributed by atoms with Gasteiger partial charge in [-0.05, 0) is 76.7 Å². The van der Waals surface area contributed by atoms with Crippen LogP contribution in [0.5, 0.6) is 0 Å². The molecule has 3 N–H and O–H groups in total. The van der Waals surface area contributed by atoms with Gasteiger partial charge in [-0.2, -0.15) is 4.98 Å². The van der Waals surface area contributed by atoms with E-state index in [1.54, 1.807) is 25.2 Å². The molecule has 1 aromatic carbocycles. The maximum Gasteiger partial charge on any atom is 0.230 e. The normalized spacial score (nSPS) is 14.9. The number of likely N-dealkylation sites (N-methyl/N-ethyl adjacent to an activating group) is 1. The second-order valence-corrected chi connectivity index (χ2v) is 11.1. The van der Waals surface area contributed by atoms with Crippen LogP contribution >= 0.6 is 11.3 Å². The maximum atomic E-state index is 10.4. The van der Waals surface area contributed by atoms with E-state index in [2.05, 4.69) is 70.6 Å². The molecule has 0 aliphatic carbocycles. The second-order valence-electron chi connectivity index (χ2n) is 9.91. The molecule has 0 unspecified atom stereocenters. The van der Waals surface area contributed by atoms with Crippen molar-refractivity contribution in [3.63, 3.8) is 0 Å². The number of hydrogen-bond donors (Lipinski definition) is 3. The molecule has 8 nitrogen and oxygen atoms in total. The van der Waals surface area contributed by atoms with E-state index in [9.17, 15) is 5.11 Å². The fraction of sp³-hybridized carbons (Fsp3) is 0.370. The molecule has 4 aromatic rings. The SMILES string of the molecule is Cc1sc2nc(Nc3ccc(N4CCN(C)CC4)cc3)nc(Nc3cccc(C(C)(C)O)n3)c2c1C. The number of fused-ring (bicyclic) bond motifs is 1. The van der Waals surface area contributed by atoms with Crippen LogP contribution in [0.4, 0.5) is 29.0 Å². The number of pyridine rings is 1. The van der Waals surface area contributed by atoms with Crippen LogP contribution in [0, 0.1) is 13.8 Å². The Kier molecular flexibility index (Phi) is 6.55. The molecule has 0 bridgehead atoms. The molecule has 1 aliphatic heterocycles. The van der Waals surface area contributed by atoms with E-state index < -0.39 is 5.60 Å². The molecule has 1 fully saturated rings. The van der Waals surface area contributed by atoms with Crippen molar-refractivity contribution >= 4 is 50.5 Å². The van der Waals surface area contributed by atoms with Crippen LogP contribution in [-0.2, 0) is 5.60 Å². The van der Waals surface area contributed by atoms with Gasteiger partial charge in [-0.3, -0.25) is 0 Å². The third-order valence-electron chi connectivity index (χ3n) is 6.64. The van der Waals surface area contributed by atoms with Gasteiger partial charge in [0.25, 0.3) is 0 Å². The Bertz CT molecular complexity index is 1370. The van der Waals surface area contributed by atoms with Gasteiger partial charge in [0.15, 0.2) is 0 Å². The average Bonchev–Trinajstić information content (AvgIpc) is 3.13. The monoisotopic (exact) mass is 503 g/mol. The molecular weight excluding hydrogens is 470 g/mol. The highest BCUT2D eigenvalue weighted by Gasteiger charge is 2.20. The molecule has 1 aliphatic rings. The van der Waals surface area contributed by atoms with Crippen molar-refractivity contribution < 1.29 is 5.11 Å². The van der Waals surface area contributed by atoms with Gasteiger partial charge in [-0.15, -0.1) is 11.3 Å². The van der Waals surface area contributed by atoms with Crippen molar-refractivity contribution in [1.82, 2.24) is 19.9 Å². The molecule has 36 heavy (non-hydrogen) atoms. The minimum absolute atomic E-state index is 0.525. The van der Waals surface area contributed by atoms with Crippen LogP contribution in [-0.4, -0.2) is 58.2 Å². The third-order valence-corrected chi connectivity index (χ3v) is 7.74. The van der Waals surface area contributed by atoms with Crippen LogP contribution in [0.25, 0.3) is 10.2 Å². The van der Waals surface area contributed by atoms with Crippen LogP contribution in [0.15, 0.2) is 42.5 Å². The summed E-state index contributed by atoms with van der Waals surface area (Å²) in [6.07, 6.45) is 0. The first-order valence-corrected chi connectivity index (χ1v) is 13.0. The smallest absolute Gasteiger partial charge is 0.230 e. The maximum absolute atomic E-state index is 10.4. The number of nitrogens with zero attached hydrogens (tertiary/aromatic N) is 5. The quantitative estimate of drug-likeness (QED) is 0.332. The molecule has 0 atom stereocenters. The zero-order valence-electron chi connectivity index (χ0n) is 21.5. The van der Waals surface area contributed by atoms with Crippen molar-refractivity contribution in [2.75, 3.05) is 48.8 Å². The van der Waals surface area contributed by atoms with Crippen LogP contribution in [0.1, 0.15) is 30.0 Å². The van der Waals surface area contributed by atoms with Crippen LogP contribution < -0.4 is 15.5 Å². The number of benzene rings is 1. The van der Waals surface area contributed by atoms with E-state index in [1.165, 1.54) is 10.6 Å². The summed E-state index contributed by atoms with van der Waals surface area (Å²) in [5.74, 6) is 1.84. The Morgan fingerprint density at radius 3 is 2.33 bits per heavy atom. The average molecular weight is 504 g/mol. The van der Waals surface area contributed by atoms with Gasteiger partial charge in [-0.1, -0.05) is 6.07 Å². The summed E-state index contributed by atoms with van der Waals surface area (Å²) in [6.45, 7) is 11.9. The summed E-state index contributed by atoms with van der Waals surface area (Å²) in [4.78, 5) is 21.1. The third kappa shape index (κ3) is 5.13. The van der Waals surface area contributed by atoms with Gasteiger partial charge < -0.3 is 25.5 Å². The molecule has 3 aromatic heterocycles. The Labute approximate surface area is 216 Å². The van der Waals surface area contributed by atoms with E-state index in [4.69, 9.17) is 9.97 Å². The lowest BCUT2D eigenvalue weighted by Crippen LogP contribution is -2.44. The molecule has 5 rings (SSSR count). The molecule has 188 valence electrons. The molecule has 1 saturated heterocycles. The molecule has 0 saturated carbocycles. The van der Waals surface area contributed by atoms with Gasteiger partial charge in [0.2, 0.25) is 5.95 Å². The van der Waals surface area contributed by atoms with Crippen molar-refractivity contribution in [1.29, 1.82) is 0 Å². The number of aliphatic hydroxyl groups is 1. The van der Waals surface area contributed by atoms with Gasteiger partial charge in [0.1, 0.15) is 22.1 Å². The Hall–Kier alpha value is -3.27. The highest BCUT2D eigenvalue weighted by Crippen LogP contribution is 2.36. The topological polar surface area (TPSA) is 89.4 Å². The first kappa shape index (κ1) is 24.4. The number of aryl methyl sites for hydroxylation is 2. The highest BCUT2D eigenvalue weighted by molar-refractivity contribution is 7.18. The van der Waals surface area contributed by atoms with Gasteiger partial charge in [0, 0.05) is 42.4 Å². The first-order chi connectivity index (χ1) is 17.2. The highest BCUT2D eigenvalue weighted by atomic mass is 32.1. The number of thiophene rings is 1. The summed E-state index contributed by atoms with van der Waals surface area (Å²) in [6, 6.07) is 14.0. The molecule has 0 amide bonds. The molecule has 0 spiro atoms. The van der Waals surface area contributed by atoms with E-state index in [1.807, 2.05) is 18.2 Å². The Morgan fingerprint density at radius 1 is 0.917 bits per heavy atom. The Balaban J connectivity index is 1.43. The van der Waals surface area contributed by atoms with Crippen molar-refractivity contribution in [2.24, 2.45) is 0 Å². The predicted octanol–water partition coefficient (Wildman–Crippen LogP) is 5.17. The van der Waals surface area contributed by atoms with Crippen LogP contribution in [0.2, 0.25) is 0 Å². The Morgan fingerprint density at radius 2 is 1.64 bits per heavy atom. The van der Waals surface area contributed by atoms with Crippen molar-refractivity contribution in [2.45, 2.75) is 33.3 Å². The molecule has 4 heterocycles. The summed E-state index contributed by atoms with van der Waals surface area (Å²) >= 11 is 1.65. The number of hydrogen-bond acceptors (Lipinski definition) is 9. The lowest BCUT2D eigenvalue weighted by molar-refractivity contribution is 0.0740. The van der Waals surface area contributed by atoms with Gasteiger partial charge >= 0.3 is 0 Å². The van der Waals surface area contributed by atoms with E-state index in [0.717, 1.165) is 47.6 Å². The summed E-state index contributed by atoms with van der Waals surface area (Å²) in [5.41, 5.74) is 2.88. The van der Waals surface area contributed by atoms with Crippen LogP contribution in [0.3, 0.4) is 0 Å². The zero-order chi connectivity index (χ0) is 25.4. The van der Waals surface area contributed by atoms with E-state index in [-0.39, 0.29) is 0 Å². The summed E-state index contributed by atoms with van der Waals surface area (Å²) in [5, 5.41) is 18.1. The number of rotatable bonds is 6. The molecule has 9 heteroatoms. The number of nitrogens with one attached hydrogen (secondary N) is 2. The standard InChI is InChI=1S/C27H33N7OS/c1-17-18(2)36-25-23(17)24(30-22-8-6-7-21(29-22)27(3,4)35)31-26(32-25)28-19-9-11-20(12-10-19)34-15-13-33(5)14-16-34/h6-12,35H,13-16H2,1-5H3,(H2,28,29,30,31,32). The van der Waals surface area contributed by atoms with E-state index in [0.29, 0.717) is 23.3 Å². The fourth-order valence-corrected chi connectivity index (χ4v) is 5.34. The van der Waals surface area contributed by atoms with Gasteiger partial charge in [-0.25, -0.2) is 9.97 Å². The van der Waals surface area contributed by atoms with Crippen molar-refractivity contribution in [3.05, 3.63) is 58.6 Å². The number of aromatic nitrogens is 3. The number of piperazine rings is 1. The first-order valence-electron chi connectivity index (χ1n) is 12.2. The fourth-order valence-electron chi connectivity index (χ4n) is 4.31. The zero-order valence-corrected chi connectivity index (χ0v) is 22.3. The van der Waals surface area contributed by atoms with Crippen molar-refractivity contribution in [3.8, 4) is 0 Å². The summed E-state index contributed by atoms with van der Waals surface area (Å²) < 4.78 is 0. The number of anilines is 5. The molecular formula is C27H33N7OS. The van der Waals surface area contributed by atoms with E-state index >= 15 is 0 Å². The predicted molar refractivity (Wildman–Crippen MR) is 149 cm³/mol. The largest absolute Gasteiger partial charge is 0.384 e. The minimum Gasteiger partial charge on any atom is -0.384 e. The lowest BCUT2D eigenvalue weighted by Gasteiger charge is -2.34. The lowest BCUT2D eigenvalue weighted by atomic mass is 10.1. The minimum atomic E-state index is -1.03. The molecule has 0 radical (unpaired) electrons. The summed E-state index contributed by atoms with van der Waals surface area (Å²) in [7, 11) is 2.17. The van der Waals surface area contributed by atoms with Gasteiger partial charge in [0.05, 0.1) is 11.1 Å².